The highest BCUT2D eigenvalue weighted by molar-refractivity contribution is 6.36. The molecule has 86 valence electrons. The van der Waals surface area contributed by atoms with Crippen molar-refractivity contribution in [2.45, 2.75) is 19.3 Å². The molecule has 0 saturated carbocycles. The Kier molecular flexibility index (Phi) is 3.66. The number of pyridine rings is 1. The van der Waals surface area contributed by atoms with E-state index in [1.54, 1.807) is 0 Å². The summed E-state index contributed by atoms with van der Waals surface area (Å²) in [6.45, 7) is 1.61. The minimum atomic E-state index is -0.0473. The van der Waals surface area contributed by atoms with Gasteiger partial charge in [0, 0.05) is 19.3 Å². The number of carbonyl (C=O) groups excluding carboxylic acids is 1. The van der Waals surface area contributed by atoms with Gasteiger partial charge in [-0.3, -0.25) is 4.79 Å². The lowest BCUT2D eigenvalue weighted by Gasteiger charge is -2.26. The number of hydrogen-bond donors (Lipinski definition) is 0. The molecule has 3 nitrogen and oxygen atoms in total. The van der Waals surface area contributed by atoms with Crippen molar-refractivity contribution < 1.29 is 4.79 Å². The second kappa shape index (κ2) is 5.02. The van der Waals surface area contributed by atoms with Crippen LogP contribution < -0.4 is 0 Å². The molecule has 0 spiro atoms. The number of halogens is 2. The third-order valence-electron chi connectivity index (χ3n) is 2.69. The first-order valence-electron chi connectivity index (χ1n) is 5.29. The molecule has 0 N–H and O–H groups in total. The molecule has 0 radical (unpaired) electrons. The number of amides is 1. The Labute approximate surface area is 104 Å². The van der Waals surface area contributed by atoms with Gasteiger partial charge < -0.3 is 4.90 Å². The molecule has 0 bridgehead atoms. The van der Waals surface area contributed by atoms with E-state index in [9.17, 15) is 4.79 Å². The first-order valence-corrected chi connectivity index (χ1v) is 6.04. The van der Waals surface area contributed by atoms with E-state index in [4.69, 9.17) is 23.2 Å². The molecule has 0 atom stereocenters. The summed E-state index contributed by atoms with van der Waals surface area (Å²) in [6, 6.07) is 1.50. The summed E-state index contributed by atoms with van der Waals surface area (Å²) in [5.41, 5.74) is 0.438. The molecule has 0 aliphatic carbocycles. The maximum absolute atomic E-state index is 12.1. The molecular weight excluding hydrogens is 247 g/mol. The number of carbonyl (C=O) groups is 1. The van der Waals surface area contributed by atoms with Gasteiger partial charge in [-0.15, -0.1) is 0 Å². The maximum Gasteiger partial charge on any atom is 0.256 e. The quantitative estimate of drug-likeness (QED) is 0.726. The maximum atomic E-state index is 12.1. The van der Waals surface area contributed by atoms with E-state index in [0.29, 0.717) is 15.7 Å². The van der Waals surface area contributed by atoms with Gasteiger partial charge in [0.1, 0.15) is 5.15 Å². The fourth-order valence-electron chi connectivity index (χ4n) is 1.83. The second-order valence-electron chi connectivity index (χ2n) is 3.84. The van der Waals surface area contributed by atoms with Crippen LogP contribution in [0.3, 0.4) is 0 Å². The van der Waals surface area contributed by atoms with Crippen molar-refractivity contribution in [3.8, 4) is 0 Å². The second-order valence-corrected chi connectivity index (χ2v) is 4.63. The fourth-order valence-corrected chi connectivity index (χ4v) is 2.28. The molecule has 1 aliphatic rings. The minimum Gasteiger partial charge on any atom is -0.339 e. The van der Waals surface area contributed by atoms with Gasteiger partial charge in [0.25, 0.3) is 5.91 Å². The van der Waals surface area contributed by atoms with Crippen molar-refractivity contribution in [3.05, 3.63) is 28.0 Å². The third kappa shape index (κ3) is 2.47. The smallest absolute Gasteiger partial charge is 0.256 e. The Bertz CT molecular complexity index is 403. The number of aromatic nitrogens is 1. The molecule has 1 aliphatic heterocycles. The standard InChI is InChI=1S/C11H12Cl2N2O/c12-9-6-10(13)14-7-8(9)11(16)15-4-2-1-3-5-15/h6-7H,1-5H2. The molecule has 2 rings (SSSR count). The first-order chi connectivity index (χ1) is 7.68. The van der Waals surface area contributed by atoms with Gasteiger partial charge in [0.05, 0.1) is 10.6 Å². The zero-order valence-electron chi connectivity index (χ0n) is 8.75. The van der Waals surface area contributed by atoms with Crippen molar-refractivity contribution in [3.63, 3.8) is 0 Å². The lowest BCUT2D eigenvalue weighted by molar-refractivity contribution is 0.0724. The number of rotatable bonds is 1. The minimum absolute atomic E-state index is 0.0473. The van der Waals surface area contributed by atoms with E-state index >= 15 is 0 Å². The molecule has 1 fully saturated rings. The number of hydrogen-bond acceptors (Lipinski definition) is 2. The summed E-state index contributed by atoms with van der Waals surface area (Å²) in [5, 5.41) is 0.677. The van der Waals surface area contributed by atoms with Crippen LogP contribution in [0.1, 0.15) is 29.6 Å². The van der Waals surface area contributed by atoms with Gasteiger partial charge in [0.15, 0.2) is 0 Å². The summed E-state index contributed by atoms with van der Waals surface area (Å²) in [5.74, 6) is -0.0473. The molecule has 1 amide bonds. The lowest BCUT2D eigenvalue weighted by atomic mass is 10.1. The van der Waals surface area contributed by atoms with Gasteiger partial charge in [-0.25, -0.2) is 4.98 Å². The summed E-state index contributed by atoms with van der Waals surface area (Å²) in [4.78, 5) is 17.8. The zero-order chi connectivity index (χ0) is 11.5. The van der Waals surface area contributed by atoms with Gasteiger partial charge >= 0.3 is 0 Å². The van der Waals surface area contributed by atoms with E-state index in [-0.39, 0.29) is 5.91 Å². The van der Waals surface area contributed by atoms with Crippen LogP contribution in [0, 0.1) is 0 Å². The van der Waals surface area contributed by atoms with Crippen LogP contribution in [0.4, 0.5) is 0 Å². The summed E-state index contributed by atoms with van der Waals surface area (Å²) >= 11 is 11.7. The highest BCUT2D eigenvalue weighted by Gasteiger charge is 2.20. The SMILES string of the molecule is O=C(c1cnc(Cl)cc1Cl)N1CCCCC1. The largest absolute Gasteiger partial charge is 0.339 e. The van der Waals surface area contributed by atoms with E-state index in [1.165, 1.54) is 18.7 Å². The van der Waals surface area contributed by atoms with Gasteiger partial charge in [-0.1, -0.05) is 23.2 Å². The molecule has 1 aromatic rings. The van der Waals surface area contributed by atoms with Crippen molar-refractivity contribution in [2.24, 2.45) is 0 Å². The van der Waals surface area contributed by atoms with Crippen LogP contribution in [-0.2, 0) is 0 Å². The number of nitrogens with zero attached hydrogens (tertiary/aromatic N) is 2. The van der Waals surface area contributed by atoms with Crippen molar-refractivity contribution in [2.75, 3.05) is 13.1 Å². The van der Waals surface area contributed by atoms with Crippen LogP contribution in [0.2, 0.25) is 10.2 Å². The predicted octanol–water partition coefficient (Wildman–Crippen LogP) is 3.01. The van der Waals surface area contributed by atoms with Crippen molar-refractivity contribution >= 4 is 29.1 Å². The van der Waals surface area contributed by atoms with E-state index < -0.39 is 0 Å². The van der Waals surface area contributed by atoms with Gasteiger partial charge in [0.2, 0.25) is 0 Å². The first kappa shape index (κ1) is 11.7. The van der Waals surface area contributed by atoms with E-state index in [2.05, 4.69) is 4.98 Å². The summed E-state index contributed by atoms with van der Waals surface area (Å²) in [6.07, 6.45) is 4.76. The third-order valence-corrected chi connectivity index (χ3v) is 3.21. The Balaban J connectivity index is 2.19. The Hall–Kier alpha value is -0.800. The molecule has 1 aromatic heterocycles. The topological polar surface area (TPSA) is 33.2 Å². The van der Waals surface area contributed by atoms with Gasteiger partial charge in [-0.2, -0.15) is 0 Å². The highest BCUT2D eigenvalue weighted by Crippen LogP contribution is 2.21. The zero-order valence-corrected chi connectivity index (χ0v) is 10.3. The van der Waals surface area contributed by atoms with Crippen molar-refractivity contribution in [1.29, 1.82) is 0 Å². The van der Waals surface area contributed by atoms with E-state index in [1.807, 2.05) is 4.90 Å². The lowest BCUT2D eigenvalue weighted by Crippen LogP contribution is -2.35. The number of likely N-dealkylation sites (tertiary alicyclic amines) is 1. The molecule has 1 saturated heterocycles. The Morgan fingerprint density at radius 1 is 1.25 bits per heavy atom. The summed E-state index contributed by atoms with van der Waals surface area (Å²) < 4.78 is 0. The molecular formula is C11H12Cl2N2O. The highest BCUT2D eigenvalue weighted by atomic mass is 35.5. The Morgan fingerprint density at radius 3 is 2.56 bits per heavy atom. The predicted molar refractivity (Wildman–Crippen MR) is 64.0 cm³/mol. The van der Waals surface area contributed by atoms with Crippen molar-refractivity contribution in [1.82, 2.24) is 9.88 Å². The Morgan fingerprint density at radius 2 is 1.94 bits per heavy atom. The van der Waals surface area contributed by atoms with Crippen LogP contribution in [0.5, 0.6) is 0 Å². The molecule has 2 heterocycles. The molecule has 0 aromatic carbocycles. The average Bonchev–Trinajstić information content (AvgIpc) is 2.29. The van der Waals surface area contributed by atoms with E-state index in [0.717, 1.165) is 25.9 Å². The normalized spacial score (nSPS) is 16.2. The molecule has 0 unspecified atom stereocenters. The number of piperidine rings is 1. The van der Waals surface area contributed by atoms with Gasteiger partial charge in [-0.05, 0) is 25.3 Å². The molecule has 5 heteroatoms. The average molecular weight is 259 g/mol. The fraction of sp³-hybridized carbons (Fsp3) is 0.455. The van der Waals surface area contributed by atoms with Crippen LogP contribution in [0.25, 0.3) is 0 Å². The summed E-state index contributed by atoms with van der Waals surface area (Å²) in [7, 11) is 0. The van der Waals surface area contributed by atoms with Crippen LogP contribution in [0.15, 0.2) is 12.3 Å². The van der Waals surface area contributed by atoms with Crippen LogP contribution in [-0.4, -0.2) is 28.9 Å². The monoisotopic (exact) mass is 258 g/mol. The molecule has 16 heavy (non-hydrogen) atoms. The van der Waals surface area contributed by atoms with Crippen LogP contribution >= 0.6 is 23.2 Å².